The predicted molar refractivity (Wildman–Crippen MR) is 76.5 cm³/mol. The van der Waals surface area contributed by atoms with Crippen molar-refractivity contribution in [3.8, 4) is 11.8 Å². The molecule has 2 N–H and O–H groups in total. The van der Waals surface area contributed by atoms with Gasteiger partial charge in [-0.2, -0.15) is 5.26 Å². The number of aromatic nitrogens is 1. The molecule has 0 radical (unpaired) electrons. The second kappa shape index (κ2) is 5.72. The highest BCUT2D eigenvalue weighted by Gasteiger charge is 2.13. The third kappa shape index (κ3) is 3.04. The molecular weight excluding hydrogens is 306 g/mol. The van der Waals surface area contributed by atoms with Crippen LogP contribution in [0.5, 0.6) is 5.75 Å². The summed E-state index contributed by atoms with van der Waals surface area (Å²) in [4.78, 5) is 4.01. The predicted octanol–water partition coefficient (Wildman–Crippen LogP) is 3.44. The molecule has 1 unspecified atom stereocenters. The zero-order valence-corrected chi connectivity index (χ0v) is 11.9. The van der Waals surface area contributed by atoms with E-state index in [0.717, 1.165) is 10.0 Å². The van der Waals surface area contributed by atoms with Crippen LogP contribution < -0.4 is 10.5 Å². The Labute approximate surface area is 120 Å². The fraction of sp³-hybridized carbons (Fsp3) is 0.143. The summed E-state index contributed by atoms with van der Waals surface area (Å²) in [5.41, 5.74) is 7.18. The van der Waals surface area contributed by atoms with Crippen LogP contribution in [0.25, 0.3) is 0 Å². The first-order valence-electron chi connectivity index (χ1n) is 5.68. The molecule has 1 heterocycles. The maximum atomic E-state index is 9.08. The topological polar surface area (TPSA) is 71.9 Å². The van der Waals surface area contributed by atoms with Crippen LogP contribution in [0.3, 0.4) is 0 Å². The summed E-state index contributed by atoms with van der Waals surface area (Å²) in [6, 6.07) is 11.2. The van der Waals surface area contributed by atoms with Gasteiger partial charge < -0.3 is 10.5 Å². The first kappa shape index (κ1) is 13.4. The third-order valence-corrected chi connectivity index (χ3v) is 3.11. The third-order valence-electron chi connectivity index (χ3n) is 2.67. The number of pyridine rings is 1. The average Bonchev–Trinajstić information content (AvgIpc) is 2.42. The van der Waals surface area contributed by atoms with Crippen molar-refractivity contribution in [1.82, 2.24) is 4.98 Å². The van der Waals surface area contributed by atoms with Gasteiger partial charge in [0, 0.05) is 16.2 Å². The van der Waals surface area contributed by atoms with Gasteiger partial charge in [-0.25, -0.2) is 4.98 Å². The van der Waals surface area contributed by atoms with Crippen molar-refractivity contribution < 1.29 is 4.74 Å². The number of benzene rings is 1. The second-order valence-corrected chi connectivity index (χ2v) is 4.91. The molecule has 0 saturated heterocycles. The molecule has 5 heteroatoms. The first-order valence-corrected chi connectivity index (χ1v) is 6.48. The van der Waals surface area contributed by atoms with E-state index in [1.165, 1.54) is 0 Å². The van der Waals surface area contributed by atoms with Crippen LogP contribution in [-0.4, -0.2) is 4.98 Å². The summed E-state index contributed by atoms with van der Waals surface area (Å²) in [7, 11) is 0. The Hall–Kier alpha value is -2.06. The second-order valence-electron chi connectivity index (χ2n) is 4.00. The molecule has 1 atom stereocenters. The van der Waals surface area contributed by atoms with Crippen LogP contribution in [0, 0.1) is 11.3 Å². The van der Waals surface area contributed by atoms with E-state index in [0.29, 0.717) is 17.1 Å². The Bertz CT molecular complexity index is 637. The SMILES string of the molecule is CC(Oc1cc(Br)cnc1N)c1ccccc1C#N. The average molecular weight is 318 g/mol. The van der Waals surface area contributed by atoms with Gasteiger partial charge in [0.15, 0.2) is 11.6 Å². The van der Waals surface area contributed by atoms with Crippen molar-refractivity contribution in [2.24, 2.45) is 0 Å². The van der Waals surface area contributed by atoms with Crippen molar-refractivity contribution in [1.29, 1.82) is 5.26 Å². The maximum absolute atomic E-state index is 9.08. The van der Waals surface area contributed by atoms with Gasteiger partial charge in [-0.05, 0) is 35.0 Å². The zero-order valence-electron chi connectivity index (χ0n) is 10.3. The van der Waals surface area contributed by atoms with E-state index in [-0.39, 0.29) is 6.10 Å². The van der Waals surface area contributed by atoms with Crippen LogP contribution in [0.15, 0.2) is 41.0 Å². The largest absolute Gasteiger partial charge is 0.482 e. The molecular formula is C14H12BrN3O. The van der Waals surface area contributed by atoms with Crippen molar-refractivity contribution in [3.63, 3.8) is 0 Å². The van der Waals surface area contributed by atoms with Crippen LogP contribution in [-0.2, 0) is 0 Å². The fourth-order valence-corrected chi connectivity index (χ4v) is 2.04. The standard InChI is InChI=1S/C14H12BrN3O/c1-9(12-5-3-2-4-10(12)7-16)19-13-6-11(15)8-18-14(13)17/h2-6,8-9H,1H3,(H2,17,18). The van der Waals surface area contributed by atoms with E-state index in [9.17, 15) is 0 Å². The van der Waals surface area contributed by atoms with Gasteiger partial charge in [0.2, 0.25) is 0 Å². The van der Waals surface area contributed by atoms with E-state index in [4.69, 9.17) is 15.7 Å². The van der Waals surface area contributed by atoms with Crippen molar-refractivity contribution in [2.45, 2.75) is 13.0 Å². The minimum absolute atomic E-state index is 0.283. The highest BCUT2D eigenvalue weighted by molar-refractivity contribution is 9.10. The van der Waals surface area contributed by atoms with E-state index in [1.54, 1.807) is 18.3 Å². The molecule has 4 nitrogen and oxygen atoms in total. The van der Waals surface area contributed by atoms with Gasteiger partial charge in [0.1, 0.15) is 6.10 Å². The zero-order chi connectivity index (χ0) is 13.8. The minimum atomic E-state index is -0.283. The summed E-state index contributed by atoms with van der Waals surface area (Å²) in [5, 5.41) is 9.08. The highest BCUT2D eigenvalue weighted by atomic mass is 79.9. The number of nitrogens with two attached hydrogens (primary N) is 1. The lowest BCUT2D eigenvalue weighted by atomic mass is 10.0. The Balaban J connectivity index is 2.28. The molecule has 19 heavy (non-hydrogen) atoms. The Morgan fingerprint density at radius 1 is 1.42 bits per heavy atom. The molecule has 2 rings (SSSR count). The molecule has 96 valence electrons. The molecule has 0 aliphatic carbocycles. The smallest absolute Gasteiger partial charge is 0.166 e. The summed E-state index contributed by atoms with van der Waals surface area (Å²) < 4.78 is 6.58. The Morgan fingerprint density at radius 3 is 2.89 bits per heavy atom. The monoisotopic (exact) mass is 317 g/mol. The number of nitrogens with zero attached hydrogens (tertiary/aromatic N) is 2. The number of nitrogen functional groups attached to an aromatic ring is 1. The van der Waals surface area contributed by atoms with Crippen LogP contribution in [0.2, 0.25) is 0 Å². The van der Waals surface area contributed by atoms with E-state index >= 15 is 0 Å². The first-order chi connectivity index (χ1) is 9.11. The maximum Gasteiger partial charge on any atom is 0.166 e. The van der Waals surface area contributed by atoms with Crippen molar-refractivity contribution in [2.75, 3.05) is 5.73 Å². The molecule has 1 aromatic carbocycles. The van der Waals surface area contributed by atoms with Crippen LogP contribution >= 0.6 is 15.9 Å². The van der Waals surface area contributed by atoms with E-state index < -0.39 is 0 Å². The molecule has 2 aromatic rings. The quantitative estimate of drug-likeness (QED) is 0.941. The van der Waals surface area contributed by atoms with Gasteiger partial charge in [0.25, 0.3) is 0 Å². The molecule has 0 fully saturated rings. The molecule has 0 amide bonds. The van der Waals surface area contributed by atoms with Gasteiger partial charge in [0.05, 0.1) is 11.6 Å². The molecule has 0 spiro atoms. The summed E-state index contributed by atoms with van der Waals surface area (Å²) in [6.07, 6.45) is 1.32. The Morgan fingerprint density at radius 2 is 2.16 bits per heavy atom. The molecule has 1 aromatic heterocycles. The highest BCUT2D eigenvalue weighted by Crippen LogP contribution is 2.29. The fourth-order valence-electron chi connectivity index (χ4n) is 1.73. The summed E-state index contributed by atoms with van der Waals surface area (Å²) >= 11 is 3.32. The molecule has 0 aliphatic rings. The van der Waals surface area contributed by atoms with Crippen LogP contribution in [0.4, 0.5) is 5.82 Å². The van der Waals surface area contributed by atoms with E-state index in [1.807, 2.05) is 25.1 Å². The summed E-state index contributed by atoms with van der Waals surface area (Å²) in [5.74, 6) is 0.819. The van der Waals surface area contributed by atoms with Crippen molar-refractivity contribution >= 4 is 21.7 Å². The van der Waals surface area contributed by atoms with E-state index in [2.05, 4.69) is 27.0 Å². The number of halogens is 1. The minimum Gasteiger partial charge on any atom is -0.482 e. The van der Waals surface area contributed by atoms with Gasteiger partial charge >= 0.3 is 0 Å². The van der Waals surface area contributed by atoms with Gasteiger partial charge in [-0.1, -0.05) is 18.2 Å². The molecule has 0 aliphatic heterocycles. The molecule has 0 bridgehead atoms. The number of ether oxygens (including phenoxy) is 1. The number of nitriles is 1. The van der Waals surface area contributed by atoms with Gasteiger partial charge in [-0.15, -0.1) is 0 Å². The lowest BCUT2D eigenvalue weighted by Gasteiger charge is -2.17. The summed E-state index contributed by atoms with van der Waals surface area (Å²) in [6.45, 7) is 1.87. The lowest BCUT2D eigenvalue weighted by molar-refractivity contribution is 0.227. The number of rotatable bonds is 3. The number of anilines is 1. The van der Waals surface area contributed by atoms with Crippen molar-refractivity contribution in [3.05, 3.63) is 52.1 Å². The van der Waals surface area contributed by atoms with Gasteiger partial charge in [-0.3, -0.25) is 0 Å². The van der Waals surface area contributed by atoms with Crippen LogP contribution in [0.1, 0.15) is 24.2 Å². The lowest BCUT2D eigenvalue weighted by Crippen LogP contribution is -2.07. The molecule has 0 saturated carbocycles. The Kier molecular flexibility index (Phi) is 4.03. The number of hydrogen-bond acceptors (Lipinski definition) is 4. The normalized spacial score (nSPS) is 11.6. The number of hydrogen-bond donors (Lipinski definition) is 1.